The van der Waals surface area contributed by atoms with Crippen LogP contribution in [0, 0.1) is 0 Å². The Morgan fingerprint density at radius 1 is 0.309 bits per heavy atom. The van der Waals surface area contributed by atoms with Gasteiger partial charge in [-0.25, -0.2) is 15.0 Å². The van der Waals surface area contributed by atoms with Crippen LogP contribution in [-0.2, 0) is 5.41 Å². The summed E-state index contributed by atoms with van der Waals surface area (Å²) < 4.78 is 0. The molecule has 9 aromatic carbocycles. The van der Waals surface area contributed by atoms with Gasteiger partial charge in [-0.15, -0.1) is 0 Å². The van der Waals surface area contributed by atoms with Crippen molar-refractivity contribution in [2.45, 2.75) is 5.41 Å². The molecule has 55 heavy (non-hydrogen) atoms. The number of fused-ring (bicyclic) bond motifs is 7. The maximum Gasteiger partial charge on any atom is 0.164 e. The lowest BCUT2D eigenvalue weighted by Crippen LogP contribution is -2.28. The Kier molecular flexibility index (Phi) is 7.08. The van der Waals surface area contributed by atoms with E-state index in [1.54, 1.807) is 0 Å². The summed E-state index contributed by atoms with van der Waals surface area (Å²) in [6, 6.07) is 71.7. The minimum absolute atomic E-state index is 0.447. The fourth-order valence-corrected chi connectivity index (χ4v) is 8.91. The topological polar surface area (TPSA) is 38.7 Å². The second kappa shape index (κ2) is 12.4. The van der Waals surface area contributed by atoms with Crippen molar-refractivity contribution in [3.05, 3.63) is 222 Å². The Balaban J connectivity index is 1.13. The van der Waals surface area contributed by atoms with Crippen LogP contribution in [0.25, 0.3) is 77.6 Å². The molecule has 0 bridgehead atoms. The lowest BCUT2D eigenvalue weighted by molar-refractivity contribution is 0.769. The maximum absolute atomic E-state index is 5.21. The van der Waals surface area contributed by atoms with E-state index in [4.69, 9.17) is 15.0 Å². The van der Waals surface area contributed by atoms with E-state index in [1.165, 1.54) is 44.2 Å². The Labute approximate surface area is 319 Å². The number of hydrogen-bond acceptors (Lipinski definition) is 3. The predicted octanol–water partition coefficient (Wildman–Crippen LogP) is 12.7. The molecular weight excluding hydrogens is 667 g/mol. The van der Waals surface area contributed by atoms with Gasteiger partial charge in [0.2, 0.25) is 0 Å². The van der Waals surface area contributed by atoms with Crippen molar-refractivity contribution in [2.24, 2.45) is 0 Å². The van der Waals surface area contributed by atoms with Gasteiger partial charge in [0.1, 0.15) is 0 Å². The van der Waals surface area contributed by atoms with Gasteiger partial charge < -0.3 is 0 Å². The number of hydrogen-bond donors (Lipinski definition) is 0. The molecule has 0 radical (unpaired) electrons. The van der Waals surface area contributed by atoms with Crippen molar-refractivity contribution in [3.8, 4) is 45.3 Å². The number of nitrogens with zero attached hydrogens (tertiary/aromatic N) is 3. The molecule has 3 nitrogen and oxygen atoms in total. The van der Waals surface area contributed by atoms with Crippen molar-refractivity contribution in [1.29, 1.82) is 0 Å². The summed E-state index contributed by atoms with van der Waals surface area (Å²) in [4.78, 5) is 15.5. The van der Waals surface area contributed by atoms with Crippen LogP contribution < -0.4 is 0 Å². The highest BCUT2D eigenvalue weighted by Gasteiger charge is 2.46. The molecule has 0 unspecified atom stereocenters. The van der Waals surface area contributed by atoms with Crippen LogP contribution in [-0.4, -0.2) is 15.0 Å². The number of rotatable bonds is 5. The number of aromatic nitrogens is 3. The van der Waals surface area contributed by atoms with Gasteiger partial charge in [0, 0.05) is 16.7 Å². The van der Waals surface area contributed by atoms with Crippen LogP contribution >= 0.6 is 0 Å². The molecule has 1 aliphatic rings. The predicted molar refractivity (Wildman–Crippen MR) is 226 cm³/mol. The van der Waals surface area contributed by atoms with E-state index in [0.717, 1.165) is 38.2 Å². The zero-order valence-corrected chi connectivity index (χ0v) is 29.9. The van der Waals surface area contributed by atoms with Gasteiger partial charge >= 0.3 is 0 Å². The van der Waals surface area contributed by atoms with E-state index in [1.807, 2.05) is 0 Å². The van der Waals surface area contributed by atoms with E-state index >= 15 is 0 Å². The van der Waals surface area contributed by atoms with E-state index in [9.17, 15) is 0 Å². The molecule has 0 saturated heterocycles. The average Bonchev–Trinajstić information content (AvgIpc) is 3.58. The molecule has 0 spiro atoms. The molecule has 0 atom stereocenters. The van der Waals surface area contributed by atoms with E-state index in [-0.39, 0.29) is 0 Å². The summed E-state index contributed by atoms with van der Waals surface area (Å²) in [5, 5.41) is 6.94. The van der Waals surface area contributed by atoms with Gasteiger partial charge in [-0.3, -0.25) is 0 Å². The Morgan fingerprint density at radius 2 is 0.855 bits per heavy atom. The third-order valence-corrected chi connectivity index (χ3v) is 11.4. The van der Waals surface area contributed by atoms with Gasteiger partial charge in [0.25, 0.3) is 0 Å². The summed E-state index contributed by atoms with van der Waals surface area (Å²) in [6.45, 7) is 0. The van der Waals surface area contributed by atoms with Crippen LogP contribution in [0.15, 0.2) is 200 Å². The molecule has 256 valence electrons. The first-order valence-electron chi connectivity index (χ1n) is 18.8. The second-order valence-electron chi connectivity index (χ2n) is 14.3. The molecule has 0 fully saturated rings. The average molecular weight is 700 g/mol. The molecule has 1 aliphatic carbocycles. The van der Waals surface area contributed by atoms with Crippen LogP contribution in [0.5, 0.6) is 0 Å². The zero-order chi connectivity index (χ0) is 36.3. The highest BCUT2D eigenvalue weighted by Crippen LogP contribution is 2.57. The third-order valence-electron chi connectivity index (χ3n) is 11.4. The molecule has 10 aromatic rings. The van der Waals surface area contributed by atoms with Crippen LogP contribution in [0.2, 0.25) is 0 Å². The normalized spacial score (nSPS) is 12.9. The Morgan fingerprint density at radius 3 is 1.62 bits per heavy atom. The quantitative estimate of drug-likeness (QED) is 0.179. The molecule has 0 amide bonds. The first kappa shape index (κ1) is 31.3. The first-order valence-corrected chi connectivity index (χ1v) is 18.8. The van der Waals surface area contributed by atoms with Gasteiger partial charge in [0.05, 0.1) is 5.41 Å². The minimum Gasteiger partial charge on any atom is -0.208 e. The maximum atomic E-state index is 5.21. The molecule has 0 N–H and O–H groups in total. The summed E-state index contributed by atoms with van der Waals surface area (Å²) in [7, 11) is 0. The van der Waals surface area contributed by atoms with Crippen molar-refractivity contribution < 1.29 is 0 Å². The SMILES string of the molecule is c1ccc(C2(c3ccccc3)c3ccccc3-c3c2ccc2cc(-c4nc(-c5ccc6ccccc6c5)nc(-c5cccc6ccccc56)n4)ccc32)cc1. The molecule has 3 heteroatoms. The Hall–Kier alpha value is -7.23. The summed E-state index contributed by atoms with van der Waals surface area (Å²) >= 11 is 0. The molecule has 11 rings (SSSR count). The number of benzene rings is 9. The second-order valence-corrected chi connectivity index (χ2v) is 14.3. The van der Waals surface area contributed by atoms with E-state index in [2.05, 4.69) is 200 Å². The smallest absolute Gasteiger partial charge is 0.164 e. The fraction of sp³-hybridized carbons (Fsp3) is 0.0192. The van der Waals surface area contributed by atoms with E-state index < -0.39 is 5.41 Å². The van der Waals surface area contributed by atoms with Gasteiger partial charge in [-0.1, -0.05) is 188 Å². The minimum atomic E-state index is -0.447. The summed E-state index contributed by atoms with van der Waals surface area (Å²) in [6.07, 6.45) is 0. The van der Waals surface area contributed by atoms with Gasteiger partial charge in [-0.05, 0) is 77.8 Å². The van der Waals surface area contributed by atoms with Crippen molar-refractivity contribution >= 4 is 32.3 Å². The molecule has 0 saturated carbocycles. The molecular formula is C52H33N3. The summed E-state index contributed by atoms with van der Waals surface area (Å²) in [5.74, 6) is 1.95. The van der Waals surface area contributed by atoms with Gasteiger partial charge in [0.15, 0.2) is 17.5 Å². The lowest BCUT2D eigenvalue weighted by atomic mass is 9.67. The van der Waals surface area contributed by atoms with Gasteiger partial charge in [-0.2, -0.15) is 0 Å². The van der Waals surface area contributed by atoms with Crippen LogP contribution in [0.4, 0.5) is 0 Å². The fourth-order valence-electron chi connectivity index (χ4n) is 8.91. The first-order chi connectivity index (χ1) is 27.3. The van der Waals surface area contributed by atoms with E-state index in [0.29, 0.717) is 17.5 Å². The monoisotopic (exact) mass is 699 g/mol. The molecule has 1 aromatic heterocycles. The Bertz CT molecular complexity index is 3050. The standard InChI is InChI=1S/C52H33N3/c1-3-18-40(19-4-1)52(41-20-5-2-6-21-41)46-25-12-11-23-45(46)48-43-30-28-39(33-37(43)29-31-47(48)52)50-53-49(38-27-26-34-14-7-8-16-36(34)32-38)54-51(55-50)44-24-13-17-35-15-9-10-22-42(35)44/h1-33H. The van der Waals surface area contributed by atoms with Crippen LogP contribution in [0.3, 0.4) is 0 Å². The van der Waals surface area contributed by atoms with Crippen molar-refractivity contribution in [3.63, 3.8) is 0 Å². The summed E-state index contributed by atoms with van der Waals surface area (Å²) in [5.41, 5.74) is 10.1. The van der Waals surface area contributed by atoms with Crippen LogP contribution in [0.1, 0.15) is 22.3 Å². The van der Waals surface area contributed by atoms with Crippen molar-refractivity contribution in [2.75, 3.05) is 0 Å². The van der Waals surface area contributed by atoms with Crippen molar-refractivity contribution in [1.82, 2.24) is 15.0 Å². The lowest BCUT2D eigenvalue weighted by Gasteiger charge is -2.33. The highest BCUT2D eigenvalue weighted by atomic mass is 15.0. The third kappa shape index (κ3) is 4.87. The molecule has 0 aliphatic heterocycles. The zero-order valence-electron chi connectivity index (χ0n) is 29.9. The largest absolute Gasteiger partial charge is 0.208 e. The molecule has 1 heterocycles. The highest BCUT2D eigenvalue weighted by molar-refractivity contribution is 6.05.